The van der Waals surface area contributed by atoms with E-state index >= 15 is 0 Å². The number of hydrogen-bond donors (Lipinski definition) is 2. The summed E-state index contributed by atoms with van der Waals surface area (Å²) in [7, 11) is 1.66. The summed E-state index contributed by atoms with van der Waals surface area (Å²) < 4.78 is 11.0. The van der Waals surface area contributed by atoms with E-state index in [2.05, 4.69) is 39.8 Å². The molecule has 34 heavy (non-hydrogen) atoms. The minimum atomic E-state index is -0.155. The second-order valence-corrected chi connectivity index (χ2v) is 8.68. The number of hydrogen-bond acceptors (Lipinski definition) is 4. The van der Waals surface area contributed by atoms with E-state index in [0.29, 0.717) is 13.2 Å². The monoisotopic (exact) mass is 459 g/mol. The number of amides is 2. The van der Waals surface area contributed by atoms with E-state index < -0.39 is 0 Å². The Morgan fingerprint density at radius 3 is 2.32 bits per heavy atom. The first-order valence-electron chi connectivity index (χ1n) is 11.8. The average molecular weight is 460 g/mol. The minimum Gasteiger partial charge on any atom is -0.497 e. The highest BCUT2D eigenvalue weighted by molar-refractivity contribution is 5.89. The van der Waals surface area contributed by atoms with Crippen LogP contribution in [0.1, 0.15) is 29.5 Å². The summed E-state index contributed by atoms with van der Waals surface area (Å²) >= 11 is 0. The molecule has 4 rings (SSSR count). The number of likely N-dealkylation sites (tertiary alicyclic amines) is 1. The molecule has 1 heterocycles. The van der Waals surface area contributed by atoms with Gasteiger partial charge in [0, 0.05) is 31.4 Å². The van der Waals surface area contributed by atoms with Crippen molar-refractivity contribution >= 4 is 11.7 Å². The van der Waals surface area contributed by atoms with Gasteiger partial charge in [-0.2, -0.15) is 0 Å². The molecule has 6 nitrogen and oxygen atoms in total. The van der Waals surface area contributed by atoms with Gasteiger partial charge in [-0.25, -0.2) is 4.79 Å². The van der Waals surface area contributed by atoms with Gasteiger partial charge < -0.3 is 20.1 Å². The molecule has 0 bridgehead atoms. The highest BCUT2D eigenvalue weighted by Gasteiger charge is 2.20. The highest BCUT2D eigenvalue weighted by atomic mass is 16.5. The Balaban J connectivity index is 1.18. The fraction of sp³-hybridized carbons (Fsp3) is 0.321. The molecule has 3 aromatic rings. The Morgan fingerprint density at radius 1 is 0.882 bits per heavy atom. The van der Waals surface area contributed by atoms with Crippen molar-refractivity contribution in [2.45, 2.75) is 38.6 Å². The molecule has 3 aromatic carbocycles. The summed E-state index contributed by atoms with van der Waals surface area (Å²) in [5, 5.41) is 6.10. The van der Waals surface area contributed by atoms with Crippen LogP contribution in [0.3, 0.4) is 0 Å². The van der Waals surface area contributed by atoms with E-state index in [9.17, 15) is 4.79 Å². The Kier molecular flexibility index (Phi) is 8.54. The second kappa shape index (κ2) is 12.2. The molecule has 6 heteroatoms. The highest BCUT2D eigenvalue weighted by Crippen LogP contribution is 2.16. The van der Waals surface area contributed by atoms with Gasteiger partial charge in [-0.15, -0.1) is 0 Å². The van der Waals surface area contributed by atoms with E-state index in [-0.39, 0.29) is 12.1 Å². The third-order valence-corrected chi connectivity index (χ3v) is 6.05. The Morgan fingerprint density at radius 2 is 1.59 bits per heavy atom. The molecule has 0 saturated carbocycles. The number of benzene rings is 3. The van der Waals surface area contributed by atoms with Crippen LogP contribution in [0.2, 0.25) is 0 Å². The lowest BCUT2D eigenvalue weighted by Crippen LogP contribution is -2.45. The maximum Gasteiger partial charge on any atom is 0.319 e. The first-order chi connectivity index (χ1) is 16.7. The number of urea groups is 1. The number of piperidine rings is 1. The largest absolute Gasteiger partial charge is 0.497 e. The molecule has 1 fully saturated rings. The number of carbonyl (C=O) groups is 1. The lowest BCUT2D eigenvalue weighted by molar-refractivity contribution is 0.107. The van der Waals surface area contributed by atoms with Crippen LogP contribution in [-0.4, -0.2) is 37.2 Å². The summed E-state index contributed by atoms with van der Waals surface area (Å²) in [4.78, 5) is 15.0. The van der Waals surface area contributed by atoms with Gasteiger partial charge in [-0.05, 0) is 53.8 Å². The van der Waals surface area contributed by atoms with Gasteiger partial charge in [0.2, 0.25) is 0 Å². The third-order valence-electron chi connectivity index (χ3n) is 6.05. The number of methoxy groups -OCH3 is 1. The molecule has 2 amide bonds. The van der Waals surface area contributed by atoms with Crippen molar-refractivity contribution in [2.24, 2.45) is 0 Å². The van der Waals surface area contributed by atoms with Gasteiger partial charge in [0.05, 0.1) is 20.3 Å². The number of anilines is 1. The predicted octanol–water partition coefficient (Wildman–Crippen LogP) is 5.20. The zero-order valence-electron chi connectivity index (χ0n) is 19.7. The van der Waals surface area contributed by atoms with Crippen molar-refractivity contribution < 1.29 is 14.3 Å². The van der Waals surface area contributed by atoms with Gasteiger partial charge in [-0.1, -0.05) is 54.6 Å². The molecule has 0 aliphatic carbocycles. The van der Waals surface area contributed by atoms with E-state index in [0.717, 1.165) is 55.0 Å². The predicted molar refractivity (Wildman–Crippen MR) is 135 cm³/mol. The number of rotatable bonds is 9. The van der Waals surface area contributed by atoms with E-state index in [1.54, 1.807) is 7.11 Å². The molecule has 0 aromatic heterocycles. The Hall–Kier alpha value is -3.35. The van der Waals surface area contributed by atoms with Crippen LogP contribution in [0.25, 0.3) is 0 Å². The van der Waals surface area contributed by atoms with Crippen molar-refractivity contribution in [1.29, 1.82) is 0 Å². The summed E-state index contributed by atoms with van der Waals surface area (Å²) in [5.74, 6) is 0.832. The van der Waals surface area contributed by atoms with Gasteiger partial charge in [-0.3, -0.25) is 4.90 Å². The number of nitrogens with one attached hydrogen (secondary N) is 2. The van der Waals surface area contributed by atoms with Crippen LogP contribution in [0, 0.1) is 0 Å². The molecular weight excluding hydrogens is 426 g/mol. The topological polar surface area (TPSA) is 62.8 Å². The fourth-order valence-corrected chi connectivity index (χ4v) is 4.18. The van der Waals surface area contributed by atoms with Crippen LogP contribution < -0.4 is 15.4 Å². The van der Waals surface area contributed by atoms with Crippen molar-refractivity contribution in [2.75, 3.05) is 25.5 Å². The van der Waals surface area contributed by atoms with Crippen molar-refractivity contribution in [3.63, 3.8) is 0 Å². The molecule has 178 valence electrons. The molecular formula is C28H33N3O3. The van der Waals surface area contributed by atoms with Crippen LogP contribution in [-0.2, 0) is 24.5 Å². The number of carbonyl (C=O) groups excluding carboxylic acids is 1. The normalized spacial score (nSPS) is 14.5. The minimum absolute atomic E-state index is 0.155. The fourth-order valence-electron chi connectivity index (χ4n) is 4.18. The lowest BCUT2D eigenvalue weighted by atomic mass is 10.0. The molecule has 1 aliphatic rings. The molecule has 0 spiro atoms. The van der Waals surface area contributed by atoms with Crippen LogP contribution >= 0.6 is 0 Å². The summed E-state index contributed by atoms with van der Waals surface area (Å²) in [6, 6.07) is 26.2. The van der Waals surface area contributed by atoms with E-state index in [1.165, 1.54) is 5.56 Å². The van der Waals surface area contributed by atoms with Crippen LogP contribution in [0.15, 0.2) is 78.9 Å². The van der Waals surface area contributed by atoms with Crippen molar-refractivity contribution in [1.82, 2.24) is 10.2 Å². The van der Waals surface area contributed by atoms with E-state index in [1.807, 2.05) is 54.6 Å². The maximum atomic E-state index is 12.5. The zero-order chi connectivity index (χ0) is 23.6. The Bertz CT molecular complexity index is 1030. The molecule has 2 N–H and O–H groups in total. The summed E-state index contributed by atoms with van der Waals surface area (Å²) in [5.41, 5.74) is 4.20. The molecule has 0 unspecified atom stereocenters. The van der Waals surface area contributed by atoms with Gasteiger partial charge in [0.1, 0.15) is 5.75 Å². The SMILES string of the molecule is COc1ccc(COCc2cccc(NC(=O)NC3CCN(Cc4ccccc4)CC3)c2)cc1. The van der Waals surface area contributed by atoms with Gasteiger partial charge >= 0.3 is 6.03 Å². The van der Waals surface area contributed by atoms with Crippen molar-refractivity contribution in [3.8, 4) is 5.75 Å². The van der Waals surface area contributed by atoms with E-state index in [4.69, 9.17) is 9.47 Å². The lowest BCUT2D eigenvalue weighted by Gasteiger charge is -2.32. The number of nitrogens with zero attached hydrogens (tertiary/aromatic N) is 1. The first kappa shape index (κ1) is 23.8. The van der Waals surface area contributed by atoms with Crippen LogP contribution in [0.4, 0.5) is 10.5 Å². The summed E-state index contributed by atoms with van der Waals surface area (Å²) in [6.45, 7) is 3.93. The first-order valence-corrected chi connectivity index (χ1v) is 11.8. The number of ether oxygens (including phenoxy) is 2. The summed E-state index contributed by atoms with van der Waals surface area (Å²) in [6.07, 6.45) is 1.92. The second-order valence-electron chi connectivity index (χ2n) is 8.68. The molecule has 0 atom stereocenters. The third kappa shape index (κ3) is 7.33. The molecule has 1 saturated heterocycles. The Labute approximate surface area is 201 Å². The zero-order valence-corrected chi connectivity index (χ0v) is 19.7. The van der Waals surface area contributed by atoms with Gasteiger partial charge in [0.15, 0.2) is 0 Å². The van der Waals surface area contributed by atoms with Crippen LogP contribution in [0.5, 0.6) is 5.75 Å². The molecule has 1 aliphatic heterocycles. The van der Waals surface area contributed by atoms with Crippen molar-refractivity contribution in [3.05, 3.63) is 95.6 Å². The maximum absolute atomic E-state index is 12.5. The average Bonchev–Trinajstić information content (AvgIpc) is 2.86. The standard InChI is InChI=1S/C28H33N3O3/c1-33-27-12-10-23(11-13-27)20-34-21-24-8-5-9-26(18-24)30-28(32)29-25-14-16-31(17-15-25)19-22-6-3-2-4-7-22/h2-13,18,25H,14-17,19-21H2,1H3,(H2,29,30,32). The quantitative estimate of drug-likeness (QED) is 0.462. The van der Waals surface area contributed by atoms with Gasteiger partial charge in [0.25, 0.3) is 0 Å². The molecule has 0 radical (unpaired) electrons. The smallest absolute Gasteiger partial charge is 0.319 e.